The van der Waals surface area contributed by atoms with Gasteiger partial charge in [-0.25, -0.2) is 4.99 Å². The maximum Gasteiger partial charge on any atom is 0.191 e. The van der Waals surface area contributed by atoms with Crippen LogP contribution < -0.4 is 10.6 Å². The fourth-order valence-electron chi connectivity index (χ4n) is 3.07. The number of aliphatic imine (C=N–C) groups is 1. The molecular formula is C15H27IN6O. The molecule has 7 nitrogen and oxygen atoms in total. The monoisotopic (exact) mass is 434 g/mol. The molecule has 3 rings (SSSR count). The van der Waals surface area contributed by atoms with Gasteiger partial charge in [0.15, 0.2) is 11.8 Å². The van der Waals surface area contributed by atoms with Crippen LogP contribution in [0.3, 0.4) is 0 Å². The minimum atomic E-state index is -0.0771. The number of guanidine groups is 1. The second kappa shape index (κ2) is 8.27. The van der Waals surface area contributed by atoms with Crippen molar-refractivity contribution in [2.24, 2.45) is 4.99 Å². The molecule has 1 unspecified atom stereocenters. The Kier molecular flexibility index (Phi) is 6.63. The fourth-order valence-corrected chi connectivity index (χ4v) is 3.07. The standard InChI is InChI=1S/C15H26N6O.HI/c1-3-16-14(18-11-15(2)7-5-9-22-15)17-10-13-20-19-12-6-4-8-21(12)13;/h3-11H2,1-2H3,(H2,16,17,18);1H. The van der Waals surface area contributed by atoms with Crippen LogP contribution in [0.5, 0.6) is 0 Å². The van der Waals surface area contributed by atoms with Gasteiger partial charge in [0.2, 0.25) is 0 Å². The molecular weight excluding hydrogens is 407 g/mol. The summed E-state index contributed by atoms with van der Waals surface area (Å²) in [7, 11) is 0. The molecule has 3 heterocycles. The van der Waals surface area contributed by atoms with Crippen molar-refractivity contribution in [3.05, 3.63) is 11.6 Å². The third-order valence-electron chi connectivity index (χ3n) is 4.34. The van der Waals surface area contributed by atoms with Crippen LogP contribution in [0.15, 0.2) is 4.99 Å². The minimum Gasteiger partial charge on any atom is -0.373 e. The predicted octanol–water partition coefficient (Wildman–Crippen LogP) is 1.47. The average molecular weight is 434 g/mol. The van der Waals surface area contributed by atoms with Crippen molar-refractivity contribution in [1.29, 1.82) is 0 Å². The second-order valence-corrected chi connectivity index (χ2v) is 6.24. The maximum atomic E-state index is 5.81. The summed E-state index contributed by atoms with van der Waals surface area (Å²) in [4.78, 5) is 4.64. The van der Waals surface area contributed by atoms with Crippen LogP contribution in [0, 0.1) is 0 Å². The number of hydrogen-bond donors (Lipinski definition) is 2. The zero-order chi connectivity index (χ0) is 15.4. The van der Waals surface area contributed by atoms with E-state index in [0.717, 1.165) is 69.5 Å². The van der Waals surface area contributed by atoms with Crippen LogP contribution in [0.4, 0.5) is 0 Å². The minimum absolute atomic E-state index is 0. The van der Waals surface area contributed by atoms with Crippen LogP contribution in [-0.4, -0.2) is 46.0 Å². The molecule has 1 atom stereocenters. The summed E-state index contributed by atoms with van der Waals surface area (Å²) in [6.07, 6.45) is 4.43. The number of ether oxygens (including phenoxy) is 1. The van der Waals surface area contributed by atoms with Gasteiger partial charge in [0.05, 0.1) is 5.60 Å². The number of rotatable bonds is 5. The van der Waals surface area contributed by atoms with E-state index < -0.39 is 0 Å². The Hall–Kier alpha value is -0.900. The van der Waals surface area contributed by atoms with Crippen molar-refractivity contribution in [2.75, 3.05) is 19.7 Å². The lowest BCUT2D eigenvalue weighted by molar-refractivity contribution is 0.0243. The first-order valence-electron chi connectivity index (χ1n) is 8.27. The fraction of sp³-hybridized carbons (Fsp3) is 0.800. The SMILES string of the molecule is CCNC(=NCc1nnc2n1CCC2)NCC1(C)CCCO1.I. The first-order chi connectivity index (χ1) is 10.7. The van der Waals surface area contributed by atoms with E-state index in [2.05, 4.69) is 44.2 Å². The van der Waals surface area contributed by atoms with Crippen molar-refractivity contribution in [1.82, 2.24) is 25.4 Å². The Morgan fingerprint density at radius 2 is 2.22 bits per heavy atom. The number of aryl methyl sites for hydroxylation is 1. The van der Waals surface area contributed by atoms with Crippen LogP contribution in [0.2, 0.25) is 0 Å². The molecule has 2 aliphatic heterocycles. The molecule has 0 radical (unpaired) electrons. The number of hydrogen-bond acceptors (Lipinski definition) is 4. The summed E-state index contributed by atoms with van der Waals surface area (Å²) in [5, 5.41) is 15.1. The first kappa shape index (κ1) is 18.4. The molecule has 1 saturated heterocycles. The Morgan fingerprint density at radius 1 is 1.35 bits per heavy atom. The third-order valence-corrected chi connectivity index (χ3v) is 4.34. The van der Waals surface area contributed by atoms with Crippen molar-refractivity contribution in [2.45, 2.75) is 58.2 Å². The largest absolute Gasteiger partial charge is 0.373 e. The van der Waals surface area contributed by atoms with Gasteiger partial charge >= 0.3 is 0 Å². The summed E-state index contributed by atoms with van der Waals surface area (Å²) >= 11 is 0. The molecule has 0 aromatic carbocycles. The van der Waals surface area contributed by atoms with Crippen molar-refractivity contribution in [3.63, 3.8) is 0 Å². The maximum absolute atomic E-state index is 5.81. The lowest BCUT2D eigenvalue weighted by Gasteiger charge is -2.24. The Balaban J connectivity index is 0.00000192. The van der Waals surface area contributed by atoms with Gasteiger partial charge in [0.1, 0.15) is 12.4 Å². The molecule has 0 amide bonds. The van der Waals surface area contributed by atoms with Gasteiger partial charge in [0.25, 0.3) is 0 Å². The molecule has 8 heteroatoms. The van der Waals surface area contributed by atoms with Gasteiger partial charge in [-0.3, -0.25) is 0 Å². The van der Waals surface area contributed by atoms with E-state index in [1.54, 1.807) is 0 Å². The lowest BCUT2D eigenvalue weighted by Crippen LogP contribution is -2.45. The third kappa shape index (κ3) is 4.56. The summed E-state index contributed by atoms with van der Waals surface area (Å²) in [6, 6.07) is 0. The van der Waals surface area contributed by atoms with E-state index in [4.69, 9.17) is 4.74 Å². The van der Waals surface area contributed by atoms with Gasteiger partial charge in [-0.05, 0) is 33.1 Å². The van der Waals surface area contributed by atoms with Crippen molar-refractivity contribution < 1.29 is 4.74 Å². The van der Waals surface area contributed by atoms with E-state index in [1.165, 1.54) is 0 Å². The number of nitrogens with one attached hydrogen (secondary N) is 2. The van der Waals surface area contributed by atoms with Crippen LogP contribution in [0.1, 0.15) is 44.8 Å². The van der Waals surface area contributed by atoms with Gasteiger partial charge in [-0.15, -0.1) is 34.2 Å². The zero-order valence-electron chi connectivity index (χ0n) is 14.0. The number of aromatic nitrogens is 3. The summed E-state index contributed by atoms with van der Waals surface area (Å²) < 4.78 is 8.00. The zero-order valence-corrected chi connectivity index (χ0v) is 16.3. The number of nitrogens with zero attached hydrogens (tertiary/aromatic N) is 4. The summed E-state index contributed by atoms with van der Waals surface area (Å²) in [5.41, 5.74) is -0.0771. The molecule has 130 valence electrons. The highest BCUT2D eigenvalue weighted by molar-refractivity contribution is 14.0. The van der Waals surface area contributed by atoms with E-state index in [0.29, 0.717) is 6.54 Å². The van der Waals surface area contributed by atoms with Gasteiger partial charge < -0.3 is 19.9 Å². The molecule has 1 aromatic rings. The highest BCUT2D eigenvalue weighted by atomic mass is 127. The molecule has 2 N–H and O–H groups in total. The average Bonchev–Trinajstić information content (AvgIpc) is 3.20. The van der Waals surface area contributed by atoms with Crippen LogP contribution in [-0.2, 0) is 24.2 Å². The lowest BCUT2D eigenvalue weighted by atomic mass is 10.0. The Labute approximate surface area is 154 Å². The topological polar surface area (TPSA) is 76.4 Å². The highest BCUT2D eigenvalue weighted by Crippen LogP contribution is 2.23. The van der Waals surface area contributed by atoms with Gasteiger partial charge in [-0.1, -0.05) is 0 Å². The van der Waals surface area contributed by atoms with E-state index >= 15 is 0 Å². The number of fused-ring (bicyclic) bond motifs is 1. The molecule has 1 fully saturated rings. The Morgan fingerprint density at radius 3 is 2.96 bits per heavy atom. The van der Waals surface area contributed by atoms with E-state index in [1.807, 2.05) is 0 Å². The predicted molar refractivity (Wildman–Crippen MR) is 100 cm³/mol. The molecule has 23 heavy (non-hydrogen) atoms. The second-order valence-electron chi connectivity index (χ2n) is 6.24. The summed E-state index contributed by atoms with van der Waals surface area (Å²) in [6.45, 7) is 8.26. The number of halogens is 1. The van der Waals surface area contributed by atoms with E-state index in [9.17, 15) is 0 Å². The van der Waals surface area contributed by atoms with E-state index in [-0.39, 0.29) is 29.6 Å². The molecule has 1 aromatic heterocycles. The highest BCUT2D eigenvalue weighted by Gasteiger charge is 2.29. The molecule has 2 aliphatic rings. The molecule has 0 bridgehead atoms. The van der Waals surface area contributed by atoms with Gasteiger partial charge in [-0.2, -0.15) is 0 Å². The quantitative estimate of drug-likeness (QED) is 0.417. The smallest absolute Gasteiger partial charge is 0.191 e. The molecule has 0 saturated carbocycles. The van der Waals surface area contributed by atoms with Crippen molar-refractivity contribution in [3.8, 4) is 0 Å². The molecule has 0 spiro atoms. The van der Waals surface area contributed by atoms with Crippen LogP contribution in [0.25, 0.3) is 0 Å². The first-order valence-corrected chi connectivity index (χ1v) is 8.27. The van der Waals surface area contributed by atoms with Gasteiger partial charge in [0, 0.05) is 32.7 Å². The molecule has 0 aliphatic carbocycles. The summed E-state index contributed by atoms with van der Waals surface area (Å²) in [5.74, 6) is 2.86. The normalized spacial score (nSPS) is 23.5. The Bertz CT molecular complexity index is 538. The van der Waals surface area contributed by atoms with Crippen molar-refractivity contribution >= 4 is 29.9 Å². The van der Waals surface area contributed by atoms with Crippen LogP contribution >= 0.6 is 24.0 Å².